The van der Waals surface area contributed by atoms with Gasteiger partial charge in [0, 0.05) is 16.8 Å². The zero-order valence-electron chi connectivity index (χ0n) is 12.4. The van der Waals surface area contributed by atoms with Crippen LogP contribution in [0.5, 0.6) is 0 Å². The summed E-state index contributed by atoms with van der Waals surface area (Å²) < 4.78 is 0. The summed E-state index contributed by atoms with van der Waals surface area (Å²) in [5.74, 6) is -0.162. The average Bonchev–Trinajstić information content (AvgIpc) is 2.42. The molecule has 0 atom stereocenters. The molecule has 0 saturated carbocycles. The van der Waals surface area contributed by atoms with Crippen LogP contribution in [0.1, 0.15) is 22.3 Å². The SMILES string of the molecule is Cc1cc(C)c(NC(=O)C=Cc2ccccc2Cl)c(C)c1. The maximum absolute atomic E-state index is 12.0. The van der Waals surface area contributed by atoms with E-state index >= 15 is 0 Å². The molecule has 1 N–H and O–H groups in total. The number of carbonyl (C=O) groups is 1. The van der Waals surface area contributed by atoms with E-state index in [4.69, 9.17) is 11.6 Å². The molecular formula is C18H18ClNO. The quantitative estimate of drug-likeness (QED) is 0.801. The van der Waals surface area contributed by atoms with Gasteiger partial charge >= 0.3 is 0 Å². The fourth-order valence-corrected chi connectivity index (χ4v) is 2.52. The Bertz CT molecular complexity index is 681. The fraction of sp³-hybridized carbons (Fsp3) is 0.167. The number of halogens is 1. The number of hydrogen-bond acceptors (Lipinski definition) is 1. The second-order valence-corrected chi connectivity index (χ2v) is 5.53. The van der Waals surface area contributed by atoms with Gasteiger partial charge in [0.2, 0.25) is 5.91 Å². The summed E-state index contributed by atoms with van der Waals surface area (Å²) in [7, 11) is 0. The number of rotatable bonds is 3. The lowest BCUT2D eigenvalue weighted by molar-refractivity contribution is -0.111. The van der Waals surface area contributed by atoms with Gasteiger partial charge in [-0.2, -0.15) is 0 Å². The Balaban J connectivity index is 2.15. The molecule has 1 amide bonds. The summed E-state index contributed by atoms with van der Waals surface area (Å²) in [6.07, 6.45) is 3.22. The van der Waals surface area contributed by atoms with Crippen molar-refractivity contribution in [1.29, 1.82) is 0 Å². The monoisotopic (exact) mass is 299 g/mol. The fourth-order valence-electron chi connectivity index (χ4n) is 2.32. The molecule has 0 radical (unpaired) electrons. The van der Waals surface area contributed by atoms with Crippen molar-refractivity contribution in [2.45, 2.75) is 20.8 Å². The van der Waals surface area contributed by atoms with Gasteiger partial charge < -0.3 is 5.32 Å². The average molecular weight is 300 g/mol. The smallest absolute Gasteiger partial charge is 0.248 e. The molecule has 0 fully saturated rings. The van der Waals surface area contributed by atoms with E-state index in [1.54, 1.807) is 12.1 Å². The summed E-state index contributed by atoms with van der Waals surface area (Å²) in [5, 5.41) is 3.56. The Labute approximate surface area is 130 Å². The number of carbonyl (C=O) groups excluding carboxylic acids is 1. The van der Waals surface area contributed by atoms with Crippen molar-refractivity contribution in [1.82, 2.24) is 0 Å². The lowest BCUT2D eigenvalue weighted by Crippen LogP contribution is -2.10. The summed E-state index contributed by atoms with van der Waals surface area (Å²) in [5.41, 5.74) is 5.01. The minimum absolute atomic E-state index is 0.162. The number of aryl methyl sites for hydroxylation is 3. The highest BCUT2D eigenvalue weighted by atomic mass is 35.5. The van der Waals surface area contributed by atoms with Crippen LogP contribution < -0.4 is 5.32 Å². The molecule has 0 bridgehead atoms. The molecule has 21 heavy (non-hydrogen) atoms. The molecule has 2 rings (SSSR count). The molecule has 0 heterocycles. The van der Waals surface area contributed by atoms with E-state index in [0.29, 0.717) is 5.02 Å². The summed E-state index contributed by atoms with van der Waals surface area (Å²) in [6, 6.07) is 11.5. The summed E-state index contributed by atoms with van der Waals surface area (Å²) >= 11 is 6.05. The van der Waals surface area contributed by atoms with Crippen molar-refractivity contribution < 1.29 is 4.79 Å². The largest absolute Gasteiger partial charge is 0.322 e. The van der Waals surface area contributed by atoms with E-state index in [-0.39, 0.29) is 5.91 Å². The van der Waals surface area contributed by atoms with Gasteiger partial charge in [0.1, 0.15) is 0 Å². The predicted octanol–water partition coefficient (Wildman–Crippen LogP) is 4.92. The molecule has 2 aromatic rings. The van der Waals surface area contributed by atoms with Gasteiger partial charge in [0.15, 0.2) is 0 Å². The Morgan fingerprint density at radius 3 is 2.33 bits per heavy atom. The molecule has 0 aromatic heterocycles. The Kier molecular flexibility index (Phi) is 4.81. The molecule has 0 aliphatic heterocycles. The number of hydrogen-bond donors (Lipinski definition) is 1. The first-order chi connectivity index (χ1) is 9.97. The molecule has 0 aliphatic rings. The van der Waals surface area contributed by atoms with Gasteiger partial charge in [-0.25, -0.2) is 0 Å². The third-order valence-electron chi connectivity index (χ3n) is 3.24. The number of nitrogens with one attached hydrogen (secondary N) is 1. The van der Waals surface area contributed by atoms with Crippen LogP contribution in [0.2, 0.25) is 5.02 Å². The van der Waals surface area contributed by atoms with Gasteiger partial charge in [-0.15, -0.1) is 0 Å². The third-order valence-corrected chi connectivity index (χ3v) is 3.59. The van der Waals surface area contributed by atoms with Crippen molar-refractivity contribution in [2.75, 3.05) is 5.32 Å². The summed E-state index contributed by atoms with van der Waals surface area (Å²) in [4.78, 5) is 12.0. The molecule has 108 valence electrons. The molecular weight excluding hydrogens is 282 g/mol. The molecule has 3 heteroatoms. The first kappa shape index (κ1) is 15.3. The number of amides is 1. The van der Waals surface area contributed by atoms with Crippen molar-refractivity contribution >= 4 is 29.3 Å². The Morgan fingerprint density at radius 1 is 1.10 bits per heavy atom. The molecule has 2 nitrogen and oxygen atoms in total. The molecule has 0 unspecified atom stereocenters. The van der Waals surface area contributed by atoms with Crippen LogP contribution in [0.4, 0.5) is 5.69 Å². The Morgan fingerprint density at radius 2 is 1.71 bits per heavy atom. The van der Waals surface area contributed by atoms with Crippen LogP contribution in [-0.4, -0.2) is 5.91 Å². The zero-order valence-corrected chi connectivity index (χ0v) is 13.2. The molecule has 0 saturated heterocycles. The highest BCUT2D eigenvalue weighted by molar-refractivity contribution is 6.32. The van der Waals surface area contributed by atoms with Crippen LogP contribution in [-0.2, 0) is 4.79 Å². The maximum Gasteiger partial charge on any atom is 0.248 e. The van der Waals surface area contributed by atoms with Crippen LogP contribution in [0.3, 0.4) is 0 Å². The number of anilines is 1. The van der Waals surface area contributed by atoms with Gasteiger partial charge in [-0.1, -0.05) is 47.5 Å². The Hall–Kier alpha value is -2.06. The normalized spacial score (nSPS) is 10.9. The van der Waals surface area contributed by atoms with E-state index in [2.05, 4.69) is 17.4 Å². The van der Waals surface area contributed by atoms with E-state index < -0.39 is 0 Å². The van der Waals surface area contributed by atoms with Crippen molar-refractivity contribution in [3.8, 4) is 0 Å². The van der Waals surface area contributed by atoms with Crippen molar-refractivity contribution in [3.63, 3.8) is 0 Å². The number of benzene rings is 2. The van der Waals surface area contributed by atoms with Crippen LogP contribution >= 0.6 is 11.6 Å². The van der Waals surface area contributed by atoms with Gasteiger partial charge in [-0.05, 0) is 49.6 Å². The van der Waals surface area contributed by atoms with E-state index in [9.17, 15) is 4.79 Å². The minimum atomic E-state index is -0.162. The maximum atomic E-state index is 12.0. The van der Waals surface area contributed by atoms with Gasteiger partial charge in [-0.3, -0.25) is 4.79 Å². The molecule has 2 aromatic carbocycles. The first-order valence-corrected chi connectivity index (χ1v) is 7.16. The van der Waals surface area contributed by atoms with E-state index in [1.807, 2.05) is 39.0 Å². The topological polar surface area (TPSA) is 29.1 Å². The van der Waals surface area contributed by atoms with E-state index in [0.717, 1.165) is 22.4 Å². The van der Waals surface area contributed by atoms with E-state index in [1.165, 1.54) is 11.6 Å². The molecule has 0 aliphatic carbocycles. The van der Waals surface area contributed by atoms with Crippen LogP contribution in [0.15, 0.2) is 42.5 Å². The third kappa shape index (κ3) is 3.96. The summed E-state index contributed by atoms with van der Waals surface area (Å²) in [6.45, 7) is 6.03. The van der Waals surface area contributed by atoms with Gasteiger partial charge in [0.25, 0.3) is 0 Å². The minimum Gasteiger partial charge on any atom is -0.322 e. The second-order valence-electron chi connectivity index (χ2n) is 5.12. The second kappa shape index (κ2) is 6.59. The van der Waals surface area contributed by atoms with Crippen molar-refractivity contribution in [2.24, 2.45) is 0 Å². The lowest BCUT2D eigenvalue weighted by Gasteiger charge is -2.11. The predicted molar refractivity (Wildman–Crippen MR) is 89.8 cm³/mol. The molecule has 0 spiro atoms. The van der Waals surface area contributed by atoms with Gasteiger partial charge in [0.05, 0.1) is 0 Å². The van der Waals surface area contributed by atoms with Crippen LogP contribution in [0.25, 0.3) is 6.08 Å². The first-order valence-electron chi connectivity index (χ1n) is 6.79. The highest BCUT2D eigenvalue weighted by Gasteiger charge is 2.06. The van der Waals surface area contributed by atoms with Crippen molar-refractivity contribution in [3.05, 3.63) is 69.8 Å². The lowest BCUT2D eigenvalue weighted by atomic mass is 10.1. The van der Waals surface area contributed by atoms with Crippen LogP contribution in [0, 0.1) is 20.8 Å². The highest BCUT2D eigenvalue weighted by Crippen LogP contribution is 2.22. The standard InChI is InChI=1S/C18H18ClNO/c1-12-10-13(2)18(14(3)11-12)20-17(21)9-8-15-6-4-5-7-16(15)19/h4-11H,1-3H3,(H,20,21). The zero-order chi connectivity index (χ0) is 15.4.